The minimum Gasteiger partial charge on any atom is -0.383 e. The maximum absolute atomic E-state index is 10.7. The average molecular weight is 221 g/mol. The molecule has 0 aromatic heterocycles. The van der Waals surface area contributed by atoms with E-state index in [0.29, 0.717) is 5.75 Å². The molecule has 0 aliphatic carbocycles. The van der Waals surface area contributed by atoms with E-state index in [1.807, 2.05) is 0 Å². The second kappa shape index (κ2) is 5.56. The van der Waals surface area contributed by atoms with E-state index in [2.05, 4.69) is 10.8 Å². The first-order valence-electron chi connectivity index (χ1n) is 3.63. The molecular weight excluding hydrogens is 211 g/mol. The summed E-state index contributed by atoms with van der Waals surface area (Å²) in [5, 5.41) is 0. The molecule has 0 saturated carbocycles. The van der Waals surface area contributed by atoms with Crippen LogP contribution in [0.4, 0.5) is 0 Å². The Morgan fingerprint density at radius 1 is 1.29 bits per heavy atom. The molecule has 0 bridgehead atoms. The summed E-state index contributed by atoms with van der Waals surface area (Å²) in [6, 6.07) is 6.62. The van der Waals surface area contributed by atoms with Gasteiger partial charge in [0.25, 0.3) is 0 Å². The van der Waals surface area contributed by atoms with Crippen LogP contribution in [0.25, 0.3) is 6.08 Å². The Hall–Kier alpha value is -0.290. The average Bonchev–Trinajstić information content (AvgIpc) is 2.03. The van der Waals surface area contributed by atoms with Crippen LogP contribution in [0.2, 0.25) is 0 Å². The van der Waals surface area contributed by atoms with Crippen molar-refractivity contribution < 1.29 is 12.6 Å². The van der Waals surface area contributed by atoms with Crippen LogP contribution in [0, 0.1) is 0 Å². The number of rotatable bonds is 3. The van der Waals surface area contributed by atoms with Crippen molar-refractivity contribution in [2.45, 2.75) is 0 Å². The van der Waals surface area contributed by atoms with Crippen LogP contribution in [0.15, 0.2) is 30.8 Å². The molecule has 0 unspecified atom stereocenters. The first-order valence-corrected chi connectivity index (χ1v) is 5.45. The van der Waals surface area contributed by atoms with Crippen molar-refractivity contribution in [1.82, 2.24) is 0 Å². The molecule has 0 fully saturated rings. The molecule has 0 atom stereocenters. The number of hydrogen-bond donors (Lipinski definition) is 0. The van der Waals surface area contributed by atoms with E-state index in [-0.39, 0.29) is 29.6 Å². The Kier molecular flexibility index (Phi) is 5.44. The van der Waals surface area contributed by atoms with Gasteiger partial charge in [0.05, 0.1) is 6.26 Å². The SMILES string of the molecule is C=Cc1ccc(OS(C)(=O)=O)cc1.[Na]. The summed E-state index contributed by atoms with van der Waals surface area (Å²) in [6.07, 6.45) is 2.68. The van der Waals surface area contributed by atoms with Gasteiger partial charge in [0.2, 0.25) is 0 Å². The molecule has 1 aromatic carbocycles. The maximum Gasteiger partial charge on any atom is 0.306 e. The molecule has 0 aliphatic rings. The second-order valence-corrected chi connectivity index (χ2v) is 4.14. The topological polar surface area (TPSA) is 43.4 Å². The third kappa shape index (κ3) is 4.81. The van der Waals surface area contributed by atoms with E-state index in [4.69, 9.17) is 0 Å². The molecule has 0 N–H and O–H groups in total. The Bertz CT molecular complexity index is 395. The van der Waals surface area contributed by atoms with Gasteiger partial charge in [-0.15, -0.1) is 0 Å². The summed E-state index contributed by atoms with van der Waals surface area (Å²) in [5.41, 5.74) is 0.917. The van der Waals surface area contributed by atoms with Crippen molar-refractivity contribution in [2.75, 3.05) is 6.26 Å². The predicted molar refractivity (Wildman–Crippen MR) is 57.8 cm³/mol. The maximum atomic E-state index is 10.7. The van der Waals surface area contributed by atoms with Gasteiger partial charge in [-0.2, -0.15) is 8.42 Å². The standard InChI is InChI=1S/C9H10O3S.Na/c1-3-8-4-6-9(7-5-8)12-13(2,10)11;/h3-7H,1H2,2H3;. The molecule has 0 amide bonds. The molecule has 0 saturated heterocycles. The Morgan fingerprint density at radius 3 is 2.14 bits per heavy atom. The molecule has 1 rings (SSSR count). The van der Waals surface area contributed by atoms with Gasteiger partial charge in [-0.25, -0.2) is 0 Å². The smallest absolute Gasteiger partial charge is 0.306 e. The summed E-state index contributed by atoms with van der Waals surface area (Å²) in [4.78, 5) is 0. The van der Waals surface area contributed by atoms with Crippen molar-refractivity contribution in [3.63, 3.8) is 0 Å². The number of hydrogen-bond acceptors (Lipinski definition) is 3. The second-order valence-electron chi connectivity index (χ2n) is 2.56. The van der Waals surface area contributed by atoms with E-state index in [1.165, 1.54) is 0 Å². The largest absolute Gasteiger partial charge is 0.383 e. The number of benzene rings is 1. The van der Waals surface area contributed by atoms with Crippen molar-refractivity contribution in [3.8, 4) is 5.75 Å². The van der Waals surface area contributed by atoms with E-state index in [1.54, 1.807) is 30.3 Å². The summed E-state index contributed by atoms with van der Waals surface area (Å²) >= 11 is 0. The van der Waals surface area contributed by atoms with Gasteiger partial charge in [-0.05, 0) is 17.7 Å². The van der Waals surface area contributed by atoms with E-state index in [9.17, 15) is 8.42 Å². The third-order valence-corrected chi connectivity index (χ3v) is 1.86. The van der Waals surface area contributed by atoms with Crippen LogP contribution >= 0.6 is 0 Å². The molecular formula is C9H10NaO3S. The molecule has 0 spiro atoms. The molecule has 0 aliphatic heterocycles. The molecule has 3 nitrogen and oxygen atoms in total. The van der Waals surface area contributed by atoms with Gasteiger partial charge in [-0.1, -0.05) is 24.8 Å². The van der Waals surface area contributed by atoms with Crippen LogP contribution in [0.3, 0.4) is 0 Å². The zero-order valence-corrected chi connectivity index (χ0v) is 11.0. The van der Waals surface area contributed by atoms with E-state index < -0.39 is 10.1 Å². The van der Waals surface area contributed by atoms with Crippen LogP contribution in [-0.2, 0) is 10.1 Å². The van der Waals surface area contributed by atoms with Crippen molar-refractivity contribution in [3.05, 3.63) is 36.4 Å². The zero-order chi connectivity index (χ0) is 9.90. The summed E-state index contributed by atoms with van der Waals surface area (Å²) in [7, 11) is -3.42. The minimum atomic E-state index is -3.42. The summed E-state index contributed by atoms with van der Waals surface area (Å²) < 4.78 is 26.1. The quantitative estimate of drug-likeness (QED) is 0.570. The molecule has 14 heavy (non-hydrogen) atoms. The molecule has 71 valence electrons. The normalized spacial score (nSPS) is 10.1. The predicted octanol–water partition coefficient (Wildman–Crippen LogP) is 1.29. The zero-order valence-electron chi connectivity index (χ0n) is 8.23. The Balaban J connectivity index is 0.00000169. The molecule has 0 heterocycles. The fourth-order valence-electron chi connectivity index (χ4n) is 0.834. The van der Waals surface area contributed by atoms with Gasteiger partial charge >= 0.3 is 10.1 Å². The Morgan fingerprint density at radius 2 is 1.79 bits per heavy atom. The summed E-state index contributed by atoms with van der Waals surface area (Å²) in [5.74, 6) is 0.313. The first kappa shape index (κ1) is 13.7. The van der Waals surface area contributed by atoms with Gasteiger partial charge in [-0.3, -0.25) is 0 Å². The first-order chi connectivity index (χ1) is 6.01. The van der Waals surface area contributed by atoms with Crippen molar-refractivity contribution in [2.24, 2.45) is 0 Å². The fraction of sp³-hybridized carbons (Fsp3) is 0.111. The van der Waals surface area contributed by atoms with Gasteiger partial charge in [0, 0.05) is 29.6 Å². The fourth-order valence-corrected chi connectivity index (χ4v) is 1.29. The Labute approximate surface area is 106 Å². The molecule has 1 aromatic rings. The van der Waals surface area contributed by atoms with Crippen molar-refractivity contribution in [1.29, 1.82) is 0 Å². The molecule has 5 heteroatoms. The third-order valence-electron chi connectivity index (χ3n) is 1.36. The van der Waals surface area contributed by atoms with Crippen molar-refractivity contribution >= 4 is 45.8 Å². The van der Waals surface area contributed by atoms with Crippen LogP contribution in [0.5, 0.6) is 5.75 Å². The monoisotopic (exact) mass is 221 g/mol. The van der Waals surface area contributed by atoms with Crippen LogP contribution in [0.1, 0.15) is 5.56 Å². The van der Waals surface area contributed by atoms with Gasteiger partial charge in [0.15, 0.2) is 0 Å². The minimum absolute atomic E-state index is 0. The van der Waals surface area contributed by atoms with Crippen LogP contribution in [-0.4, -0.2) is 44.2 Å². The van der Waals surface area contributed by atoms with E-state index >= 15 is 0 Å². The van der Waals surface area contributed by atoms with E-state index in [0.717, 1.165) is 11.8 Å². The van der Waals surface area contributed by atoms with Crippen LogP contribution < -0.4 is 4.18 Å². The van der Waals surface area contributed by atoms with Gasteiger partial charge < -0.3 is 4.18 Å². The summed E-state index contributed by atoms with van der Waals surface area (Å²) in [6.45, 7) is 3.58. The van der Waals surface area contributed by atoms with Gasteiger partial charge in [0.1, 0.15) is 5.75 Å². The molecule has 1 radical (unpaired) electrons.